The standard InChI is InChI=1S/C15H14FN3/c1-10-6-7-19-14(8-10)18-13(15(19)17)9-11-2-4-12(16)5-3-11/h2-8H,9,17H2,1H3. The van der Waals surface area contributed by atoms with E-state index in [0.717, 1.165) is 22.5 Å². The molecule has 0 saturated heterocycles. The molecule has 0 unspecified atom stereocenters. The summed E-state index contributed by atoms with van der Waals surface area (Å²) in [6.45, 7) is 2.02. The smallest absolute Gasteiger partial charge is 0.138 e. The van der Waals surface area contributed by atoms with Crippen molar-refractivity contribution in [1.29, 1.82) is 0 Å². The first-order valence-corrected chi connectivity index (χ1v) is 6.11. The fourth-order valence-corrected chi connectivity index (χ4v) is 2.14. The van der Waals surface area contributed by atoms with Crippen LogP contribution in [0.2, 0.25) is 0 Å². The number of hydrogen-bond donors (Lipinski definition) is 1. The van der Waals surface area contributed by atoms with Crippen LogP contribution in [0.4, 0.5) is 10.2 Å². The van der Waals surface area contributed by atoms with Crippen LogP contribution in [0.5, 0.6) is 0 Å². The molecule has 0 bridgehead atoms. The van der Waals surface area contributed by atoms with E-state index in [1.54, 1.807) is 12.1 Å². The van der Waals surface area contributed by atoms with E-state index in [1.807, 2.05) is 29.7 Å². The number of imidazole rings is 1. The van der Waals surface area contributed by atoms with Gasteiger partial charge in [0.15, 0.2) is 0 Å². The molecule has 2 N–H and O–H groups in total. The Morgan fingerprint density at radius 2 is 1.95 bits per heavy atom. The summed E-state index contributed by atoms with van der Waals surface area (Å²) in [5.74, 6) is 0.404. The summed E-state index contributed by atoms with van der Waals surface area (Å²) >= 11 is 0. The fourth-order valence-electron chi connectivity index (χ4n) is 2.14. The number of nitrogens with zero attached hydrogens (tertiary/aromatic N) is 2. The molecule has 0 spiro atoms. The van der Waals surface area contributed by atoms with E-state index in [-0.39, 0.29) is 5.82 Å². The van der Waals surface area contributed by atoms with Crippen molar-refractivity contribution in [2.75, 3.05) is 5.73 Å². The van der Waals surface area contributed by atoms with E-state index >= 15 is 0 Å². The minimum atomic E-state index is -0.234. The molecule has 1 aromatic carbocycles. The molecule has 0 fully saturated rings. The number of aryl methyl sites for hydroxylation is 1. The Morgan fingerprint density at radius 3 is 2.68 bits per heavy atom. The van der Waals surface area contributed by atoms with Crippen LogP contribution in [0, 0.1) is 12.7 Å². The van der Waals surface area contributed by atoms with E-state index in [4.69, 9.17) is 5.73 Å². The number of anilines is 1. The normalized spacial score (nSPS) is 11.1. The summed E-state index contributed by atoms with van der Waals surface area (Å²) in [4.78, 5) is 4.54. The molecule has 0 aliphatic heterocycles. The van der Waals surface area contributed by atoms with Gasteiger partial charge in [-0.2, -0.15) is 0 Å². The number of halogens is 1. The maximum Gasteiger partial charge on any atom is 0.138 e. The van der Waals surface area contributed by atoms with E-state index in [9.17, 15) is 4.39 Å². The van der Waals surface area contributed by atoms with Crippen LogP contribution in [-0.2, 0) is 6.42 Å². The first kappa shape index (κ1) is 11.7. The predicted octanol–water partition coefficient (Wildman–Crippen LogP) is 2.95. The van der Waals surface area contributed by atoms with Crippen molar-refractivity contribution in [3.63, 3.8) is 0 Å². The molecule has 3 nitrogen and oxygen atoms in total. The predicted molar refractivity (Wildman–Crippen MR) is 73.5 cm³/mol. The summed E-state index contributed by atoms with van der Waals surface area (Å²) in [7, 11) is 0. The topological polar surface area (TPSA) is 43.3 Å². The molecule has 96 valence electrons. The van der Waals surface area contributed by atoms with E-state index < -0.39 is 0 Å². The van der Waals surface area contributed by atoms with Gasteiger partial charge in [-0.15, -0.1) is 0 Å². The van der Waals surface area contributed by atoms with Crippen LogP contribution < -0.4 is 5.73 Å². The Morgan fingerprint density at radius 1 is 1.21 bits per heavy atom. The van der Waals surface area contributed by atoms with Crippen LogP contribution in [0.15, 0.2) is 42.6 Å². The molecular weight excluding hydrogens is 241 g/mol. The van der Waals surface area contributed by atoms with Gasteiger partial charge in [0.2, 0.25) is 0 Å². The van der Waals surface area contributed by atoms with Gasteiger partial charge in [0.05, 0.1) is 5.69 Å². The van der Waals surface area contributed by atoms with Crippen LogP contribution in [0.3, 0.4) is 0 Å². The molecule has 0 aliphatic carbocycles. The summed E-state index contributed by atoms with van der Waals surface area (Å²) in [6, 6.07) is 10.4. The highest BCUT2D eigenvalue weighted by atomic mass is 19.1. The van der Waals surface area contributed by atoms with Gasteiger partial charge in [0, 0.05) is 12.6 Å². The van der Waals surface area contributed by atoms with Crippen molar-refractivity contribution in [2.24, 2.45) is 0 Å². The second-order valence-corrected chi connectivity index (χ2v) is 4.68. The van der Waals surface area contributed by atoms with Gasteiger partial charge in [-0.1, -0.05) is 12.1 Å². The number of nitrogen functional groups attached to an aromatic ring is 1. The Kier molecular flexibility index (Phi) is 2.71. The molecule has 0 atom stereocenters. The van der Waals surface area contributed by atoms with Crippen molar-refractivity contribution in [3.8, 4) is 0 Å². The van der Waals surface area contributed by atoms with Gasteiger partial charge in [0.1, 0.15) is 17.3 Å². The lowest BCUT2D eigenvalue weighted by molar-refractivity contribution is 0.627. The molecule has 3 aromatic rings. The monoisotopic (exact) mass is 255 g/mol. The largest absolute Gasteiger partial charge is 0.383 e. The van der Waals surface area contributed by atoms with Crippen molar-refractivity contribution >= 4 is 11.5 Å². The minimum absolute atomic E-state index is 0.234. The first-order chi connectivity index (χ1) is 9.13. The minimum Gasteiger partial charge on any atom is -0.383 e. The fraction of sp³-hybridized carbons (Fsp3) is 0.133. The summed E-state index contributed by atoms with van der Waals surface area (Å²) in [5.41, 5.74) is 9.89. The summed E-state index contributed by atoms with van der Waals surface area (Å²) in [6.07, 6.45) is 2.52. The van der Waals surface area contributed by atoms with Crippen LogP contribution in [-0.4, -0.2) is 9.38 Å². The first-order valence-electron chi connectivity index (χ1n) is 6.11. The zero-order valence-electron chi connectivity index (χ0n) is 10.6. The van der Waals surface area contributed by atoms with E-state index in [1.165, 1.54) is 12.1 Å². The second kappa shape index (κ2) is 4.39. The van der Waals surface area contributed by atoms with Crippen molar-refractivity contribution in [2.45, 2.75) is 13.3 Å². The SMILES string of the molecule is Cc1ccn2c(N)c(Cc3ccc(F)cc3)nc2c1. The molecular formula is C15H14FN3. The van der Waals surface area contributed by atoms with Crippen molar-refractivity contribution in [1.82, 2.24) is 9.38 Å². The highest BCUT2D eigenvalue weighted by molar-refractivity contribution is 5.54. The van der Waals surface area contributed by atoms with Crippen LogP contribution in [0.1, 0.15) is 16.8 Å². The quantitative estimate of drug-likeness (QED) is 0.765. The lowest BCUT2D eigenvalue weighted by atomic mass is 10.1. The molecule has 0 saturated carbocycles. The van der Waals surface area contributed by atoms with Gasteiger partial charge >= 0.3 is 0 Å². The molecule has 0 amide bonds. The number of rotatable bonds is 2. The zero-order chi connectivity index (χ0) is 13.4. The van der Waals surface area contributed by atoms with Crippen LogP contribution >= 0.6 is 0 Å². The van der Waals surface area contributed by atoms with Gasteiger partial charge in [-0.05, 0) is 42.3 Å². The second-order valence-electron chi connectivity index (χ2n) is 4.68. The molecule has 19 heavy (non-hydrogen) atoms. The van der Waals surface area contributed by atoms with Crippen molar-refractivity contribution < 1.29 is 4.39 Å². The average molecular weight is 255 g/mol. The Balaban J connectivity index is 2.01. The van der Waals surface area contributed by atoms with Gasteiger partial charge < -0.3 is 5.73 Å². The van der Waals surface area contributed by atoms with E-state index in [0.29, 0.717) is 12.2 Å². The number of benzene rings is 1. The Hall–Kier alpha value is -2.36. The number of nitrogens with two attached hydrogens (primary N) is 1. The van der Waals surface area contributed by atoms with Gasteiger partial charge in [-0.3, -0.25) is 4.40 Å². The Bertz CT molecular complexity index is 729. The lowest BCUT2D eigenvalue weighted by Gasteiger charge is -2.00. The van der Waals surface area contributed by atoms with Crippen molar-refractivity contribution in [3.05, 3.63) is 65.2 Å². The third kappa shape index (κ3) is 2.17. The molecule has 2 heterocycles. The molecule has 4 heteroatoms. The number of aromatic nitrogens is 2. The Labute approximate surface area is 110 Å². The molecule has 3 rings (SSSR count). The molecule has 0 radical (unpaired) electrons. The number of pyridine rings is 1. The van der Waals surface area contributed by atoms with Gasteiger partial charge in [-0.25, -0.2) is 9.37 Å². The van der Waals surface area contributed by atoms with E-state index in [2.05, 4.69) is 4.98 Å². The number of fused-ring (bicyclic) bond motifs is 1. The maximum atomic E-state index is 12.9. The molecule has 2 aromatic heterocycles. The highest BCUT2D eigenvalue weighted by Gasteiger charge is 2.09. The lowest BCUT2D eigenvalue weighted by Crippen LogP contribution is -1.97. The number of hydrogen-bond acceptors (Lipinski definition) is 2. The maximum absolute atomic E-state index is 12.9. The third-order valence-electron chi connectivity index (χ3n) is 3.18. The van der Waals surface area contributed by atoms with Gasteiger partial charge in [0.25, 0.3) is 0 Å². The zero-order valence-corrected chi connectivity index (χ0v) is 10.6. The summed E-state index contributed by atoms with van der Waals surface area (Å²) in [5, 5.41) is 0. The highest BCUT2D eigenvalue weighted by Crippen LogP contribution is 2.19. The van der Waals surface area contributed by atoms with Crippen LogP contribution in [0.25, 0.3) is 5.65 Å². The molecule has 0 aliphatic rings. The third-order valence-corrected chi connectivity index (χ3v) is 3.18. The summed E-state index contributed by atoms with van der Waals surface area (Å²) < 4.78 is 14.7. The average Bonchev–Trinajstić information content (AvgIpc) is 2.68.